The molecule has 1 atom stereocenters. The highest BCUT2D eigenvalue weighted by atomic mass is 35.5. The molecule has 1 aromatic carbocycles. The van der Waals surface area contributed by atoms with Gasteiger partial charge in [-0.25, -0.2) is 4.98 Å². The maximum atomic E-state index is 12.2. The first-order valence-electron chi connectivity index (χ1n) is 7.00. The number of halogens is 1. The number of nitrogens with zero attached hydrogens (tertiary/aromatic N) is 2. The van der Waals surface area contributed by atoms with Crippen LogP contribution in [0.5, 0.6) is 0 Å². The van der Waals surface area contributed by atoms with Crippen molar-refractivity contribution in [3.8, 4) is 0 Å². The number of rotatable bonds is 6. The molecule has 0 fully saturated rings. The van der Waals surface area contributed by atoms with E-state index in [1.54, 1.807) is 12.1 Å². The first-order chi connectivity index (χ1) is 10.1. The summed E-state index contributed by atoms with van der Waals surface area (Å²) < 4.78 is 1.48. The van der Waals surface area contributed by atoms with Gasteiger partial charge in [-0.3, -0.25) is 14.2 Å². The van der Waals surface area contributed by atoms with Crippen molar-refractivity contribution in [2.24, 2.45) is 0 Å². The van der Waals surface area contributed by atoms with E-state index >= 15 is 0 Å². The first kappa shape index (κ1) is 18.1. The molecule has 0 saturated carbocycles. The Morgan fingerprint density at radius 3 is 2.82 bits per heavy atom. The highest BCUT2D eigenvalue weighted by molar-refractivity contribution is 5.85. The van der Waals surface area contributed by atoms with Crippen LogP contribution in [0.25, 0.3) is 10.9 Å². The minimum absolute atomic E-state index is 0. The molecule has 120 valence electrons. The molecule has 2 aromatic rings. The average Bonchev–Trinajstić information content (AvgIpc) is 2.52. The fraction of sp³-hybridized carbons (Fsp3) is 0.400. The van der Waals surface area contributed by atoms with Crippen LogP contribution in [0.4, 0.5) is 0 Å². The van der Waals surface area contributed by atoms with Crippen molar-refractivity contribution < 1.29 is 4.79 Å². The molecule has 1 amide bonds. The van der Waals surface area contributed by atoms with Crippen LogP contribution in [0.15, 0.2) is 35.4 Å². The van der Waals surface area contributed by atoms with E-state index in [2.05, 4.69) is 15.6 Å². The van der Waals surface area contributed by atoms with Crippen molar-refractivity contribution in [1.82, 2.24) is 20.2 Å². The second-order valence-electron chi connectivity index (χ2n) is 5.00. The van der Waals surface area contributed by atoms with E-state index < -0.39 is 0 Å². The molecule has 0 radical (unpaired) electrons. The lowest BCUT2D eigenvalue weighted by Gasteiger charge is -2.11. The Morgan fingerprint density at radius 2 is 2.09 bits per heavy atom. The summed E-state index contributed by atoms with van der Waals surface area (Å²) in [7, 11) is 1.84. The average molecular weight is 325 g/mol. The highest BCUT2D eigenvalue weighted by Gasteiger charge is 2.07. The highest BCUT2D eigenvalue weighted by Crippen LogP contribution is 2.04. The number of nitrogens with one attached hydrogen (secondary N) is 2. The summed E-state index contributed by atoms with van der Waals surface area (Å²) >= 11 is 0. The quantitative estimate of drug-likeness (QED) is 0.829. The summed E-state index contributed by atoms with van der Waals surface area (Å²) in [6.45, 7) is 2.88. The van der Waals surface area contributed by atoms with E-state index in [0.29, 0.717) is 24.0 Å². The largest absolute Gasteiger partial charge is 0.354 e. The number of aromatic nitrogens is 2. The van der Waals surface area contributed by atoms with Gasteiger partial charge in [-0.2, -0.15) is 0 Å². The van der Waals surface area contributed by atoms with Crippen LogP contribution < -0.4 is 16.2 Å². The summed E-state index contributed by atoms with van der Waals surface area (Å²) in [6.07, 6.45) is 1.75. The number of para-hydroxylation sites is 1. The summed E-state index contributed by atoms with van der Waals surface area (Å²) in [5.41, 5.74) is 0.558. The predicted octanol–water partition coefficient (Wildman–Crippen LogP) is 0.932. The number of fused-ring (bicyclic) bond motifs is 1. The Bertz CT molecular complexity index is 687. The van der Waals surface area contributed by atoms with Crippen LogP contribution in [-0.2, 0) is 11.3 Å². The van der Waals surface area contributed by atoms with E-state index in [-0.39, 0.29) is 36.3 Å². The molecule has 0 saturated heterocycles. The number of likely N-dealkylation sites (N-methyl/N-ethyl adjacent to an activating group) is 1. The van der Waals surface area contributed by atoms with E-state index in [9.17, 15) is 9.59 Å². The zero-order chi connectivity index (χ0) is 15.2. The van der Waals surface area contributed by atoms with Gasteiger partial charge in [0.2, 0.25) is 5.91 Å². The van der Waals surface area contributed by atoms with E-state index in [0.717, 1.165) is 0 Å². The van der Waals surface area contributed by atoms with Crippen LogP contribution in [0.1, 0.15) is 13.3 Å². The van der Waals surface area contributed by atoms with E-state index in [1.807, 2.05) is 26.1 Å². The van der Waals surface area contributed by atoms with Crippen LogP contribution in [0, 0.1) is 0 Å². The van der Waals surface area contributed by atoms with Gasteiger partial charge in [0.15, 0.2) is 0 Å². The number of carbonyl (C=O) groups is 1. The van der Waals surface area contributed by atoms with Gasteiger partial charge in [0.25, 0.3) is 5.56 Å². The topological polar surface area (TPSA) is 76.0 Å². The lowest BCUT2D eigenvalue weighted by Crippen LogP contribution is -2.37. The zero-order valence-electron chi connectivity index (χ0n) is 12.7. The van der Waals surface area contributed by atoms with Crippen LogP contribution >= 0.6 is 12.4 Å². The Hall–Kier alpha value is -1.92. The van der Waals surface area contributed by atoms with E-state index in [4.69, 9.17) is 0 Å². The molecule has 22 heavy (non-hydrogen) atoms. The van der Waals surface area contributed by atoms with Gasteiger partial charge in [0.1, 0.15) is 0 Å². The Balaban J connectivity index is 0.00000242. The molecule has 0 aliphatic rings. The lowest BCUT2D eigenvalue weighted by atomic mass is 10.2. The third-order valence-corrected chi connectivity index (χ3v) is 3.41. The minimum Gasteiger partial charge on any atom is -0.354 e. The van der Waals surface area contributed by atoms with Gasteiger partial charge in [0.05, 0.1) is 17.2 Å². The van der Waals surface area contributed by atoms with Crippen LogP contribution in [-0.4, -0.2) is 35.1 Å². The minimum atomic E-state index is -0.114. The Kier molecular flexibility index (Phi) is 7.01. The summed E-state index contributed by atoms with van der Waals surface area (Å²) in [6, 6.07) is 7.42. The number of carbonyl (C=O) groups excluding carboxylic acids is 1. The number of hydrogen-bond acceptors (Lipinski definition) is 4. The molecule has 0 aliphatic carbocycles. The molecule has 2 rings (SSSR count). The molecular formula is C15H21ClN4O2. The second kappa shape index (κ2) is 8.51. The van der Waals surface area contributed by atoms with Crippen molar-refractivity contribution in [1.29, 1.82) is 0 Å². The molecule has 1 aromatic heterocycles. The number of aryl methyl sites for hydroxylation is 1. The number of amides is 1. The Labute approximate surface area is 135 Å². The van der Waals surface area contributed by atoms with Gasteiger partial charge >= 0.3 is 0 Å². The maximum Gasteiger partial charge on any atom is 0.261 e. The van der Waals surface area contributed by atoms with Crippen LogP contribution in [0.2, 0.25) is 0 Å². The molecule has 0 aliphatic heterocycles. The SMILES string of the molecule is CNC(C)CNC(=O)CCn1cnc2ccccc2c1=O.Cl. The fourth-order valence-corrected chi connectivity index (χ4v) is 1.94. The normalized spacial score (nSPS) is 11.7. The zero-order valence-corrected chi connectivity index (χ0v) is 13.5. The van der Waals surface area contributed by atoms with Gasteiger partial charge in [-0.15, -0.1) is 12.4 Å². The molecule has 1 heterocycles. The molecule has 0 spiro atoms. The fourth-order valence-electron chi connectivity index (χ4n) is 1.94. The van der Waals surface area contributed by atoms with Crippen molar-refractivity contribution in [3.63, 3.8) is 0 Å². The molecular weight excluding hydrogens is 304 g/mol. The van der Waals surface area contributed by atoms with Gasteiger partial charge in [0, 0.05) is 25.6 Å². The smallest absolute Gasteiger partial charge is 0.261 e. The van der Waals surface area contributed by atoms with Crippen molar-refractivity contribution in [3.05, 3.63) is 40.9 Å². The first-order valence-corrected chi connectivity index (χ1v) is 7.00. The van der Waals surface area contributed by atoms with Crippen LogP contribution in [0.3, 0.4) is 0 Å². The van der Waals surface area contributed by atoms with Gasteiger partial charge in [-0.1, -0.05) is 12.1 Å². The number of hydrogen-bond donors (Lipinski definition) is 2. The van der Waals surface area contributed by atoms with Crippen molar-refractivity contribution in [2.75, 3.05) is 13.6 Å². The van der Waals surface area contributed by atoms with E-state index in [1.165, 1.54) is 10.9 Å². The third-order valence-electron chi connectivity index (χ3n) is 3.41. The maximum absolute atomic E-state index is 12.2. The monoisotopic (exact) mass is 324 g/mol. The number of benzene rings is 1. The molecule has 6 nitrogen and oxygen atoms in total. The third kappa shape index (κ3) is 4.54. The summed E-state index contributed by atoms with van der Waals surface area (Å²) in [5.74, 6) is -0.0721. The summed E-state index contributed by atoms with van der Waals surface area (Å²) in [4.78, 5) is 28.2. The molecule has 0 bridgehead atoms. The van der Waals surface area contributed by atoms with Gasteiger partial charge in [-0.05, 0) is 26.1 Å². The predicted molar refractivity (Wildman–Crippen MR) is 89.4 cm³/mol. The lowest BCUT2D eigenvalue weighted by molar-refractivity contribution is -0.121. The molecule has 2 N–H and O–H groups in total. The standard InChI is InChI=1S/C15H20N4O2.ClH/c1-11(16-2)9-17-14(20)7-8-19-10-18-13-6-4-3-5-12(13)15(19)21;/h3-6,10-11,16H,7-9H2,1-2H3,(H,17,20);1H. The molecule has 1 unspecified atom stereocenters. The van der Waals surface area contributed by atoms with Crippen molar-refractivity contribution >= 4 is 29.2 Å². The molecule has 7 heteroatoms. The second-order valence-corrected chi connectivity index (χ2v) is 5.00. The Morgan fingerprint density at radius 1 is 1.36 bits per heavy atom. The summed E-state index contributed by atoms with van der Waals surface area (Å²) in [5, 5.41) is 6.44. The van der Waals surface area contributed by atoms with Gasteiger partial charge < -0.3 is 10.6 Å². The van der Waals surface area contributed by atoms with Crippen molar-refractivity contribution in [2.45, 2.75) is 25.9 Å².